The van der Waals surface area contributed by atoms with Gasteiger partial charge in [-0.15, -0.1) is 0 Å². The summed E-state index contributed by atoms with van der Waals surface area (Å²) in [5.74, 6) is -0.702. The zero-order valence-electron chi connectivity index (χ0n) is 21.5. The maximum absolute atomic E-state index is 15.3. The third-order valence-electron chi connectivity index (χ3n) is 6.72. The summed E-state index contributed by atoms with van der Waals surface area (Å²) in [6.07, 6.45) is 9.04. The molecule has 1 saturated carbocycles. The van der Waals surface area contributed by atoms with Gasteiger partial charge in [0.1, 0.15) is 4.90 Å². The molecule has 0 unspecified atom stereocenters. The van der Waals surface area contributed by atoms with Crippen molar-refractivity contribution < 1.29 is 17.5 Å². The van der Waals surface area contributed by atoms with Crippen LogP contribution in [0.4, 0.5) is 16.2 Å². The van der Waals surface area contributed by atoms with E-state index in [4.69, 9.17) is 21.3 Å². The van der Waals surface area contributed by atoms with Crippen LogP contribution in [0.1, 0.15) is 38.2 Å². The minimum Gasteiger partial charge on any atom is -0.480 e. The Kier molecular flexibility index (Phi) is 7.86. The van der Waals surface area contributed by atoms with Gasteiger partial charge in [-0.05, 0) is 80.0 Å². The number of aryl methyl sites for hydroxylation is 1. The molecule has 0 bridgehead atoms. The Morgan fingerprint density at radius 1 is 1.13 bits per heavy atom. The summed E-state index contributed by atoms with van der Waals surface area (Å²) < 4.78 is 48.6. The molecule has 4 aromatic rings. The van der Waals surface area contributed by atoms with E-state index in [-0.39, 0.29) is 15.8 Å². The van der Waals surface area contributed by atoms with Gasteiger partial charge in [-0.3, -0.25) is 4.72 Å². The number of hydrogen-bond donors (Lipinski definition) is 2. The largest absolute Gasteiger partial charge is 0.480 e. The van der Waals surface area contributed by atoms with Crippen molar-refractivity contribution in [2.45, 2.75) is 50.0 Å². The molecule has 39 heavy (non-hydrogen) atoms. The van der Waals surface area contributed by atoms with Crippen LogP contribution in [-0.2, 0) is 16.4 Å². The van der Waals surface area contributed by atoms with Crippen molar-refractivity contribution in [3.63, 3.8) is 0 Å². The van der Waals surface area contributed by atoms with Crippen LogP contribution < -0.4 is 14.8 Å². The molecule has 203 valence electrons. The van der Waals surface area contributed by atoms with Crippen LogP contribution in [0.25, 0.3) is 22.0 Å². The minimum absolute atomic E-state index is 0.00933. The third-order valence-corrected chi connectivity index (χ3v) is 8.56. The number of hydrogen-bond acceptors (Lipinski definition) is 7. The Morgan fingerprint density at radius 3 is 2.62 bits per heavy atom. The van der Waals surface area contributed by atoms with Gasteiger partial charge in [0.2, 0.25) is 11.8 Å². The predicted molar refractivity (Wildman–Crippen MR) is 151 cm³/mol. The lowest BCUT2D eigenvalue weighted by Crippen LogP contribution is -2.23. The molecule has 0 atom stereocenters. The summed E-state index contributed by atoms with van der Waals surface area (Å²) in [5, 5.41) is 4.25. The first kappa shape index (κ1) is 27.1. The molecular formula is C28H28ClFN5O3S. The van der Waals surface area contributed by atoms with Crippen LogP contribution in [0.5, 0.6) is 5.88 Å². The molecule has 11 heteroatoms. The van der Waals surface area contributed by atoms with E-state index in [1.807, 2.05) is 19.1 Å². The molecule has 0 spiro atoms. The number of nitrogens with zero attached hydrogens (tertiary/aromatic N) is 3. The van der Waals surface area contributed by atoms with Gasteiger partial charge in [0.15, 0.2) is 11.6 Å². The van der Waals surface area contributed by atoms with Crippen molar-refractivity contribution in [2.75, 3.05) is 17.1 Å². The number of aromatic nitrogens is 3. The lowest BCUT2D eigenvalue weighted by molar-refractivity contribution is 0.398. The molecule has 1 radical (unpaired) electrons. The van der Waals surface area contributed by atoms with Crippen LogP contribution in [0.3, 0.4) is 0 Å². The molecule has 5 rings (SSSR count). The molecule has 2 N–H and O–H groups in total. The van der Waals surface area contributed by atoms with Crippen LogP contribution in [0.2, 0.25) is 5.02 Å². The van der Waals surface area contributed by atoms with Gasteiger partial charge in [-0.1, -0.05) is 30.7 Å². The Bertz CT molecular complexity index is 1630. The molecule has 8 nitrogen and oxygen atoms in total. The monoisotopic (exact) mass is 568 g/mol. The van der Waals surface area contributed by atoms with Gasteiger partial charge in [-0.25, -0.2) is 22.8 Å². The standard InChI is InChI=1S/C28H28ClFN5O3S/c1-3-17-13-18(14-19-16-31-28(33-25(17)19)32-20-9-5-4-6-10-20)21-15-23(30)26(34-27(21)38-2)35-39(36,37)24-12-8-7-11-22(24)29/h4,7-8,11-16,20H,3,5-6,9-10H2,1-2H3,(H,34,35)(H,31,32,33). The Morgan fingerprint density at radius 2 is 1.90 bits per heavy atom. The Hall–Kier alpha value is -3.50. The van der Waals surface area contributed by atoms with E-state index < -0.39 is 21.7 Å². The highest BCUT2D eigenvalue weighted by atomic mass is 35.5. The topological polar surface area (TPSA) is 106 Å². The summed E-state index contributed by atoms with van der Waals surface area (Å²) >= 11 is 6.04. The normalized spacial score (nSPS) is 14.4. The molecule has 1 aliphatic carbocycles. The second-order valence-electron chi connectivity index (χ2n) is 9.32. The van der Waals surface area contributed by atoms with Crippen molar-refractivity contribution in [3.05, 3.63) is 71.5 Å². The predicted octanol–water partition coefficient (Wildman–Crippen LogP) is 6.41. The lowest BCUT2D eigenvalue weighted by atomic mass is 9.96. The highest BCUT2D eigenvalue weighted by molar-refractivity contribution is 7.92. The Balaban J connectivity index is 1.49. The summed E-state index contributed by atoms with van der Waals surface area (Å²) in [6.45, 7) is 2.02. The van der Waals surface area contributed by atoms with Crippen molar-refractivity contribution in [1.82, 2.24) is 15.0 Å². The van der Waals surface area contributed by atoms with Crippen molar-refractivity contribution in [3.8, 4) is 17.0 Å². The van der Waals surface area contributed by atoms with Gasteiger partial charge in [0, 0.05) is 23.2 Å². The lowest BCUT2D eigenvalue weighted by Gasteiger charge is -2.22. The molecular weight excluding hydrogens is 541 g/mol. The average molecular weight is 569 g/mol. The van der Waals surface area contributed by atoms with Crippen molar-refractivity contribution in [2.24, 2.45) is 0 Å². The van der Waals surface area contributed by atoms with E-state index in [1.54, 1.807) is 12.3 Å². The third kappa shape index (κ3) is 5.77. The van der Waals surface area contributed by atoms with Gasteiger partial charge in [0.05, 0.1) is 17.6 Å². The average Bonchev–Trinajstić information content (AvgIpc) is 2.94. The minimum atomic E-state index is -4.19. The summed E-state index contributed by atoms with van der Waals surface area (Å²) in [7, 11) is -2.80. The molecule has 2 aromatic heterocycles. The highest BCUT2D eigenvalue weighted by Crippen LogP contribution is 2.36. The molecule has 2 aromatic carbocycles. The quantitative estimate of drug-likeness (QED) is 0.253. The number of rotatable bonds is 8. The van der Waals surface area contributed by atoms with E-state index >= 15 is 4.39 Å². The highest BCUT2D eigenvalue weighted by Gasteiger charge is 2.23. The zero-order chi connectivity index (χ0) is 27.6. The van der Waals surface area contributed by atoms with Crippen LogP contribution in [0, 0.1) is 12.2 Å². The summed E-state index contributed by atoms with van der Waals surface area (Å²) in [5.41, 5.74) is 2.79. The smallest absolute Gasteiger partial charge is 0.264 e. The molecule has 1 aliphatic rings. The number of anilines is 2. The van der Waals surface area contributed by atoms with Gasteiger partial charge < -0.3 is 10.1 Å². The zero-order valence-corrected chi connectivity index (χ0v) is 23.1. The summed E-state index contributed by atoms with van der Waals surface area (Å²) in [6, 6.07) is 11.2. The van der Waals surface area contributed by atoms with Gasteiger partial charge >= 0.3 is 0 Å². The molecule has 1 fully saturated rings. The van der Waals surface area contributed by atoms with Crippen molar-refractivity contribution in [1.29, 1.82) is 0 Å². The fraction of sp³-hybridized carbons (Fsp3) is 0.286. The van der Waals surface area contributed by atoms with E-state index in [0.29, 0.717) is 29.5 Å². The first-order valence-corrected chi connectivity index (χ1v) is 14.5. The van der Waals surface area contributed by atoms with Gasteiger partial charge in [-0.2, -0.15) is 4.98 Å². The van der Waals surface area contributed by atoms with E-state index in [2.05, 4.69) is 26.4 Å². The SMILES string of the molecule is CCc1cc(-c2cc(F)c(NS(=O)(=O)c3ccccc3Cl)nc2OC)cc2cnc(NC3CC[CH]CC3)nc12. The second-order valence-corrected chi connectivity index (χ2v) is 11.4. The first-order chi connectivity index (χ1) is 18.8. The number of pyridine rings is 1. The molecule has 0 amide bonds. The number of ether oxygens (including phenoxy) is 1. The fourth-order valence-electron chi connectivity index (χ4n) is 4.72. The maximum Gasteiger partial charge on any atom is 0.264 e. The van der Waals surface area contributed by atoms with Crippen LogP contribution in [-0.4, -0.2) is 36.5 Å². The molecule has 2 heterocycles. The molecule has 0 aliphatic heterocycles. The van der Waals surface area contributed by atoms with Gasteiger partial charge in [0.25, 0.3) is 10.0 Å². The van der Waals surface area contributed by atoms with Crippen LogP contribution in [0.15, 0.2) is 53.6 Å². The van der Waals surface area contributed by atoms with E-state index in [9.17, 15) is 8.42 Å². The number of methoxy groups -OCH3 is 1. The second kappa shape index (κ2) is 11.3. The van der Waals surface area contributed by atoms with Crippen molar-refractivity contribution >= 4 is 44.3 Å². The summed E-state index contributed by atoms with van der Waals surface area (Å²) in [4.78, 5) is 13.3. The van der Waals surface area contributed by atoms with E-state index in [1.165, 1.54) is 31.4 Å². The number of benzene rings is 2. The number of fused-ring (bicyclic) bond motifs is 1. The van der Waals surface area contributed by atoms with E-state index in [0.717, 1.165) is 42.1 Å². The maximum atomic E-state index is 15.3. The molecule has 0 saturated heterocycles. The Labute approximate surface area is 232 Å². The first-order valence-electron chi connectivity index (χ1n) is 12.7. The number of nitrogens with one attached hydrogen (secondary N) is 2. The number of halogens is 2. The fourth-order valence-corrected chi connectivity index (χ4v) is 6.25. The van der Waals surface area contributed by atoms with Crippen LogP contribution >= 0.6 is 11.6 Å². The number of sulfonamides is 1.